The van der Waals surface area contributed by atoms with E-state index >= 15 is 0 Å². The first-order valence-corrected chi connectivity index (χ1v) is 12.7. The number of hydrogen-bond donors (Lipinski definition) is 2. The molecule has 11 heteroatoms. The summed E-state index contributed by atoms with van der Waals surface area (Å²) >= 11 is 0. The number of ether oxygens (including phenoxy) is 1. The number of alkyl halides is 3. The van der Waals surface area contributed by atoms with Crippen molar-refractivity contribution in [2.45, 2.75) is 56.8 Å². The lowest BCUT2D eigenvalue weighted by Gasteiger charge is -2.35. The molecule has 0 radical (unpaired) electrons. The highest BCUT2D eigenvalue weighted by molar-refractivity contribution is 6.09. The Labute approximate surface area is 216 Å². The molecule has 8 nitrogen and oxygen atoms in total. The Morgan fingerprint density at radius 1 is 1.21 bits per heavy atom. The lowest BCUT2D eigenvalue weighted by atomic mass is 9.82. The van der Waals surface area contributed by atoms with Gasteiger partial charge in [0, 0.05) is 30.9 Å². The molecule has 1 fully saturated rings. The number of amides is 2. The number of carbonyl (C=O) groups excluding carboxylic acids is 2. The third kappa shape index (κ3) is 4.72. The third-order valence-corrected chi connectivity index (χ3v) is 7.51. The Bertz CT molecular complexity index is 1400. The van der Waals surface area contributed by atoms with Gasteiger partial charge in [0.15, 0.2) is 6.61 Å². The first kappa shape index (κ1) is 24.4. The van der Waals surface area contributed by atoms with Crippen LogP contribution in [-0.2, 0) is 24.9 Å². The molecule has 6 rings (SSSR count). The van der Waals surface area contributed by atoms with Gasteiger partial charge in [0.1, 0.15) is 17.1 Å². The standard InChI is InChI=1S/C27H26F3N5O3/c28-27(29,30)15-38-19-3-4-20-18(13-19)5-9-26(20)14-21-22(25(37)33-26)23(35(34-21)12-8-16-1-2-16)32-24(36)17-6-10-31-11-7-17/h3-4,6-7,10-11,13,16H,1-2,5,8-9,12,14-15H2,(H,32,36)(H,33,37)/t26-/m0/s1. The van der Waals surface area contributed by atoms with E-state index in [-0.39, 0.29) is 17.6 Å². The number of aryl methyl sites for hydroxylation is 2. The van der Waals surface area contributed by atoms with Crippen LogP contribution >= 0.6 is 0 Å². The van der Waals surface area contributed by atoms with Crippen molar-refractivity contribution in [3.05, 3.63) is 70.7 Å². The Morgan fingerprint density at radius 3 is 2.74 bits per heavy atom. The zero-order chi connectivity index (χ0) is 26.5. The molecule has 1 spiro atoms. The van der Waals surface area contributed by atoms with E-state index in [2.05, 4.69) is 15.6 Å². The molecule has 198 valence electrons. The number of aromatic nitrogens is 3. The van der Waals surface area contributed by atoms with Gasteiger partial charge in [-0.15, -0.1) is 0 Å². The molecule has 1 aromatic carbocycles. The second-order valence-corrected chi connectivity index (χ2v) is 10.3. The van der Waals surface area contributed by atoms with E-state index in [4.69, 9.17) is 9.84 Å². The molecule has 2 amide bonds. The van der Waals surface area contributed by atoms with Gasteiger partial charge in [-0.05, 0) is 60.6 Å². The normalized spacial score (nSPS) is 20.1. The molecular weight excluding hydrogens is 499 g/mol. The number of hydrogen-bond acceptors (Lipinski definition) is 5. The van der Waals surface area contributed by atoms with Crippen molar-refractivity contribution >= 4 is 17.6 Å². The summed E-state index contributed by atoms with van der Waals surface area (Å²) in [5, 5.41) is 10.8. The second kappa shape index (κ2) is 9.14. The van der Waals surface area contributed by atoms with E-state index in [1.807, 2.05) is 0 Å². The van der Waals surface area contributed by atoms with Gasteiger partial charge < -0.3 is 15.4 Å². The molecule has 1 saturated carbocycles. The summed E-state index contributed by atoms with van der Waals surface area (Å²) in [6.07, 6.45) is 3.49. The van der Waals surface area contributed by atoms with E-state index < -0.39 is 18.3 Å². The zero-order valence-electron chi connectivity index (χ0n) is 20.5. The van der Waals surface area contributed by atoms with Crippen molar-refractivity contribution in [1.29, 1.82) is 0 Å². The monoisotopic (exact) mass is 525 g/mol. The van der Waals surface area contributed by atoms with Gasteiger partial charge in [0.2, 0.25) is 0 Å². The summed E-state index contributed by atoms with van der Waals surface area (Å²) < 4.78 is 44.4. The summed E-state index contributed by atoms with van der Waals surface area (Å²) in [5.74, 6) is 0.471. The number of halogens is 3. The van der Waals surface area contributed by atoms with Crippen LogP contribution in [0.2, 0.25) is 0 Å². The third-order valence-electron chi connectivity index (χ3n) is 7.51. The molecule has 3 aliphatic rings. The summed E-state index contributed by atoms with van der Waals surface area (Å²) in [4.78, 5) is 30.5. The molecule has 0 saturated heterocycles. The number of nitrogens with one attached hydrogen (secondary N) is 2. The van der Waals surface area contributed by atoms with E-state index in [9.17, 15) is 22.8 Å². The lowest BCUT2D eigenvalue weighted by Crippen LogP contribution is -2.49. The van der Waals surface area contributed by atoms with Crippen LogP contribution in [0.4, 0.5) is 19.0 Å². The fourth-order valence-corrected chi connectivity index (χ4v) is 5.46. The van der Waals surface area contributed by atoms with Crippen molar-refractivity contribution < 1.29 is 27.5 Å². The number of nitrogens with zero attached hydrogens (tertiary/aromatic N) is 3. The van der Waals surface area contributed by atoms with Gasteiger partial charge in [-0.25, -0.2) is 4.68 Å². The maximum absolute atomic E-state index is 13.6. The first-order chi connectivity index (χ1) is 18.2. The first-order valence-electron chi connectivity index (χ1n) is 12.7. The van der Waals surface area contributed by atoms with Crippen molar-refractivity contribution in [1.82, 2.24) is 20.1 Å². The Kier molecular flexibility index (Phi) is 5.88. The van der Waals surface area contributed by atoms with Gasteiger partial charge in [0.05, 0.1) is 11.2 Å². The van der Waals surface area contributed by atoms with Crippen LogP contribution < -0.4 is 15.4 Å². The molecule has 0 bridgehead atoms. The van der Waals surface area contributed by atoms with Crippen molar-refractivity contribution in [2.24, 2.45) is 5.92 Å². The molecular formula is C27H26F3N5O3. The van der Waals surface area contributed by atoms with Crippen LogP contribution in [-0.4, -0.2) is 39.4 Å². The van der Waals surface area contributed by atoms with E-state index in [1.165, 1.54) is 31.3 Å². The van der Waals surface area contributed by atoms with Crippen LogP contribution in [0.3, 0.4) is 0 Å². The molecule has 2 aliphatic carbocycles. The van der Waals surface area contributed by atoms with E-state index in [1.54, 1.807) is 28.9 Å². The number of fused-ring (bicyclic) bond motifs is 3. The molecule has 2 aromatic heterocycles. The largest absolute Gasteiger partial charge is 0.484 e. The van der Waals surface area contributed by atoms with Crippen LogP contribution in [0.25, 0.3) is 0 Å². The fourth-order valence-electron chi connectivity index (χ4n) is 5.46. The molecule has 3 heterocycles. The second-order valence-electron chi connectivity index (χ2n) is 10.3. The van der Waals surface area contributed by atoms with Gasteiger partial charge in [0.25, 0.3) is 11.8 Å². The average Bonchev–Trinajstić information content (AvgIpc) is 3.58. The molecule has 38 heavy (non-hydrogen) atoms. The highest BCUT2D eigenvalue weighted by Gasteiger charge is 2.46. The van der Waals surface area contributed by atoms with Gasteiger partial charge in [-0.2, -0.15) is 18.3 Å². The number of pyridine rings is 1. The maximum atomic E-state index is 13.6. The maximum Gasteiger partial charge on any atom is 0.422 e. The lowest BCUT2D eigenvalue weighted by molar-refractivity contribution is -0.153. The molecule has 1 atom stereocenters. The summed E-state index contributed by atoms with van der Waals surface area (Å²) in [6.45, 7) is -0.774. The Morgan fingerprint density at radius 2 is 2.00 bits per heavy atom. The van der Waals surface area contributed by atoms with Crippen LogP contribution in [0, 0.1) is 5.92 Å². The fraction of sp³-hybridized carbons (Fsp3) is 0.407. The predicted octanol–water partition coefficient (Wildman–Crippen LogP) is 4.40. The van der Waals surface area contributed by atoms with E-state index in [0.717, 1.165) is 17.5 Å². The molecule has 0 unspecified atom stereocenters. The molecule has 3 aromatic rings. The smallest absolute Gasteiger partial charge is 0.422 e. The average molecular weight is 526 g/mol. The Balaban J connectivity index is 1.30. The van der Waals surface area contributed by atoms with Crippen LogP contribution in [0.1, 0.15) is 63.2 Å². The quantitative estimate of drug-likeness (QED) is 0.477. The molecule has 1 aliphatic heterocycles. The number of benzene rings is 1. The highest BCUT2D eigenvalue weighted by Crippen LogP contribution is 2.44. The number of carbonyl (C=O) groups is 2. The molecule has 2 N–H and O–H groups in total. The van der Waals surface area contributed by atoms with Crippen molar-refractivity contribution in [3.63, 3.8) is 0 Å². The number of rotatable bonds is 7. The number of anilines is 1. The summed E-state index contributed by atoms with van der Waals surface area (Å²) in [7, 11) is 0. The highest BCUT2D eigenvalue weighted by atomic mass is 19.4. The van der Waals surface area contributed by atoms with Gasteiger partial charge in [-0.3, -0.25) is 14.6 Å². The van der Waals surface area contributed by atoms with Gasteiger partial charge >= 0.3 is 6.18 Å². The minimum atomic E-state index is -4.42. The van der Waals surface area contributed by atoms with Crippen LogP contribution in [0.15, 0.2) is 42.7 Å². The topological polar surface area (TPSA) is 98.1 Å². The van der Waals surface area contributed by atoms with Gasteiger partial charge in [-0.1, -0.05) is 18.9 Å². The minimum absolute atomic E-state index is 0.145. The zero-order valence-corrected chi connectivity index (χ0v) is 20.5. The van der Waals surface area contributed by atoms with Crippen molar-refractivity contribution in [3.8, 4) is 5.75 Å². The SMILES string of the molecule is O=C(Nc1c2c(nn1CCC1CC1)C[C@]1(CCc3cc(OCC(F)(F)F)ccc31)NC2=O)c1ccncc1. The minimum Gasteiger partial charge on any atom is -0.484 e. The summed E-state index contributed by atoms with van der Waals surface area (Å²) in [5.41, 5.74) is 2.35. The van der Waals surface area contributed by atoms with Crippen LogP contribution in [0.5, 0.6) is 5.75 Å². The predicted molar refractivity (Wildman–Crippen MR) is 131 cm³/mol. The van der Waals surface area contributed by atoms with Crippen molar-refractivity contribution in [2.75, 3.05) is 11.9 Å². The Hall–Kier alpha value is -3.89. The van der Waals surface area contributed by atoms with E-state index in [0.29, 0.717) is 54.4 Å². The summed E-state index contributed by atoms with van der Waals surface area (Å²) in [6, 6.07) is 8.06.